The van der Waals surface area contributed by atoms with Gasteiger partial charge in [0.2, 0.25) is 11.8 Å². The van der Waals surface area contributed by atoms with Gasteiger partial charge in [-0.05, 0) is 37.7 Å². The molecule has 1 saturated carbocycles. The quantitative estimate of drug-likeness (QED) is 0.818. The van der Waals surface area contributed by atoms with Crippen molar-refractivity contribution >= 4 is 11.8 Å². The van der Waals surface area contributed by atoms with Crippen molar-refractivity contribution in [1.29, 1.82) is 0 Å². The number of nitrogens with zero attached hydrogens (tertiary/aromatic N) is 4. The minimum Gasteiger partial charge on any atom is -0.342 e. The van der Waals surface area contributed by atoms with Crippen LogP contribution >= 0.6 is 0 Å². The van der Waals surface area contributed by atoms with Crippen molar-refractivity contribution in [3.8, 4) is 0 Å². The highest BCUT2D eigenvalue weighted by Crippen LogP contribution is 2.33. The van der Waals surface area contributed by atoms with E-state index >= 15 is 0 Å². The molecule has 2 amide bonds. The number of carbonyl (C=O) groups excluding carboxylic acids is 2. The summed E-state index contributed by atoms with van der Waals surface area (Å²) in [5.74, 6) is 0.885. The molecule has 2 atom stereocenters. The van der Waals surface area contributed by atoms with Gasteiger partial charge in [-0.2, -0.15) is 5.10 Å². The average Bonchev–Trinajstić information content (AvgIpc) is 2.94. The molecule has 124 valence electrons. The maximum absolute atomic E-state index is 12.9. The summed E-state index contributed by atoms with van der Waals surface area (Å²) in [7, 11) is 0. The minimum absolute atomic E-state index is 0.139. The summed E-state index contributed by atoms with van der Waals surface area (Å²) >= 11 is 0. The molecular weight excluding hydrogens is 292 g/mol. The summed E-state index contributed by atoms with van der Waals surface area (Å²) in [4.78, 5) is 29.0. The Balaban J connectivity index is 1.38. The smallest absolute Gasteiger partial charge is 0.228 e. The van der Waals surface area contributed by atoms with Crippen LogP contribution in [0.2, 0.25) is 0 Å². The van der Waals surface area contributed by atoms with Crippen LogP contribution in [0.4, 0.5) is 0 Å². The highest BCUT2D eigenvalue weighted by atomic mass is 16.2. The first-order valence-electron chi connectivity index (χ1n) is 8.76. The molecule has 0 spiro atoms. The predicted molar refractivity (Wildman–Crippen MR) is 84.4 cm³/mol. The van der Waals surface area contributed by atoms with Crippen molar-refractivity contribution in [1.82, 2.24) is 19.6 Å². The Morgan fingerprint density at radius 3 is 2.87 bits per heavy atom. The van der Waals surface area contributed by atoms with E-state index in [1.165, 1.54) is 12.8 Å². The van der Waals surface area contributed by atoms with Crippen molar-refractivity contribution < 1.29 is 9.59 Å². The lowest BCUT2D eigenvalue weighted by Gasteiger charge is -2.27. The van der Waals surface area contributed by atoms with E-state index in [0.717, 1.165) is 32.5 Å². The standard InChI is InChI=1S/C17H24N4O2/c22-16-9-14(11-19(16)10-13-4-5-13)17(23)21-8-1-3-15(21)12-20-7-2-6-18-20/h2,6-7,13-15H,1,3-5,8-12H2/t14-,15+/m1/s1. The first-order chi connectivity index (χ1) is 11.2. The summed E-state index contributed by atoms with van der Waals surface area (Å²) < 4.78 is 1.90. The Bertz CT molecular complexity index is 581. The summed E-state index contributed by atoms with van der Waals surface area (Å²) in [6.45, 7) is 3.06. The monoisotopic (exact) mass is 316 g/mol. The number of amides is 2. The highest BCUT2D eigenvalue weighted by Gasteiger charge is 2.41. The molecule has 4 rings (SSSR count). The first-order valence-corrected chi connectivity index (χ1v) is 8.76. The van der Waals surface area contributed by atoms with Gasteiger partial charge in [0.1, 0.15) is 0 Å². The molecule has 1 aromatic rings. The second kappa shape index (κ2) is 5.98. The highest BCUT2D eigenvalue weighted by molar-refractivity contribution is 5.89. The number of hydrogen-bond acceptors (Lipinski definition) is 3. The molecule has 0 unspecified atom stereocenters. The predicted octanol–water partition coefficient (Wildman–Crippen LogP) is 1.13. The number of carbonyl (C=O) groups is 2. The molecule has 1 aromatic heterocycles. The first kappa shape index (κ1) is 14.7. The van der Waals surface area contributed by atoms with Crippen LogP contribution in [0.15, 0.2) is 18.5 Å². The Morgan fingerprint density at radius 2 is 2.13 bits per heavy atom. The van der Waals surface area contributed by atoms with E-state index in [0.29, 0.717) is 18.9 Å². The van der Waals surface area contributed by atoms with Crippen molar-refractivity contribution in [3.05, 3.63) is 18.5 Å². The van der Waals surface area contributed by atoms with Crippen LogP contribution in [0.3, 0.4) is 0 Å². The maximum atomic E-state index is 12.9. The lowest BCUT2D eigenvalue weighted by Crippen LogP contribution is -2.42. The van der Waals surface area contributed by atoms with Crippen molar-refractivity contribution in [2.75, 3.05) is 19.6 Å². The van der Waals surface area contributed by atoms with E-state index in [9.17, 15) is 9.59 Å². The largest absolute Gasteiger partial charge is 0.342 e. The van der Waals surface area contributed by atoms with Gasteiger partial charge in [-0.25, -0.2) is 0 Å². The van der Waals surface area contributed by atoms with E-state index in [4.69, 9.17) is 0 Å². The van der Waals surface area contributed by atoms with Gasteiger partial charge in [0, 0.05) is 38.4 Å². The number of likely N-dealkylation sites (tertiary alicyclic amines) is 2. The third kappa shape index (κ3) is 3.12. The molecule has 0 bridgehead atoms. The molecular formula is C17H24N4O2. The van der Waals surface area contributed by atoms with Crippen LogP contribution in [-0.2, 0) is 16.1 Å². The number of hydrogen-bond donors (Lipinski definition) is 0. The Labute approximate surface area is 136 Å². The van der Waals surface area contributed by atoms with Crippen LogP contribution < -0.4 is 0 Å². The van der Waals surface area contributed by atoms with Crippen LogP contribution in [-0.4, -0.2) is 57.1 Å². The fourth-order valence-corrected chi connectivity index (χ4v) is 3.90. The van der Waals surface area contributed by atoms with Crippen LogP contribution in [0, 0.1) is 11.8 Å². The molecule has 23 heavy (non-hydrogen) atoms. The van der Waals surface area contributed by atoms with Gasteiger partial charge in [0.25, 0.3) is 0 Å². The van der Waals surface area contributed by atoms with E-state index in [1.807, 2.05) is 26.7 Å². The van der Waals surface area contributed by atoms with Crippen LogP contribution in [0.25, 0.3) is 0 Å². The third-order valence-corrected chi connectivity index (χ3v) is 5.36. The Kier molecular flexibility index (Phi) is 3.83. The summed E-state index contributed by atoms with van der Waals surface area (Å²) in [5.41, 5.74) is 0. The molecule has 3 fully saturated rings. The van der Waals surface area contributed by atoms with Crippen molar-refractivity contribution in [3.63, 3.8) is 0 Å². The molecule has 3 heterocycles. The number of rotatable bonds is 5. The lowest BCUT2D eigenvalue weighted by atomic mass is 10.1. The van der Waals surface area contributed by atoms with E-state index in [2.05, 4.69) is 5.10 Å². The fraction of sp³-hybridized carbons (Fsp3) is 0.706. The normalized spacial score (nSPS) is 27.9. The van der Waals surface area contributed by atoms with Gasteiger partial charge < -0.3 is 9.80 Å². The second-order valence-electron chi connectivity index (χ2n) is 7.20. The van der Waals surface area contributed by atoms with Gasteiger partial charge in [-0.15, -0.1) is 0 Å². The molecule has 0 radical (unpaired) electrons. The zero-order valence-electron chi connectivity index (χ0n) is 13.4. The lowest BCUT2D eigenvalue weighted by molar-refractivity contribution is -0.136. The van der Waals surface area contributed by atoms with Crippen molar-refractivity contribution in [2.45, 2.75) is 44.7 Å². The molecule has 0 aromatic carbocycles. The molecule has 2 saturated heterocycles. The van der Waals surface area contributed by atoms with Gasteiger partial charge in [0.15, 0.2) is 0 Å². The molecule has 1 aliphatic carbocycles. The van der Waals surface area contributed by atoms with Gasteiger partial charge in [-0.1, -0.05) is 0 Å². The molecule has 6 nitrogen and oxygen atoms in total. The van der Waals surface area contributed by atoms with Gasteiger partial charge >= 0.3 is 0 Å². The molecule has 3 aliphatic rings. The Morgan fingerprint density at radius 1 is 1.26 bits per heavy atom. The van der Waals surface area contributed by atoms with Crippen LogP contribution in [0.1, 0.15) is 32.1 Å². The van der Waals surface area contributed by atoms with Crippen LogP contribution in [0.5, 0.6) is 0 Å². The number of aromatic nitrogens is 2. The zero-order chi connectivity index (χ0) is 15.8. The van der Waals surface area contributed by atoms with Gasteiger partial charge in [0.05, 0.1) is 18.5 Å². The molecule has 6 heteroatoms. The fourth-order valence-electron chi connectivity index (χ4n) is 3.90. The van der Waals surface area contributed by atoms with Crippen molar-refractivity contribution in [2.24, 2.45) is 11.8 Å². The summed E-state index contributed by atoms with van der Waals surface area (Å²) in [5, 5.41) is 4.25. The van der Waals surface area contributed by atoms with Gasteiger partial charge in [-0.3, -0.25) is 14.3 Å². The summed E-state index contributed by atoms with van der Waals surface area (Å²) in [6.07, 6.45) is 8.66. The van der Waals surface area contributed by atoms with E-state index in [-0.39, 0.29) is 23.8 Å². The molecule has 2 aliphatic heterocycles. The SMILES string of the molecule is O=C1C[C@@H](C(=O)N2CCC[C@H]2Cn2cccn2)CN1CC1CC1. The minimum atomic E-state index is -0.139. The maximum Gasteiger partial charge on any atom is 0.228 e. The van der Waals surface area contributed by atoms with E-state index < -0.39 is 0 Å². The second-order valence-corrected chi connectivity index (χ2v) is 7.20. The zero-order valence-corrected chi connectivity index (χ0v) is 13.4. The topological polar surface area (TPSA) is 58.4 Å². The Hall–Kier alpha value is -1.85. The summed E-state index contributed by atoms with van der Waals surface area (Å²) in [6, 6.07) is 2.13. The average molecular weight is 316 g/mol. The third-order valence-electron chi connectivity index (χ3n) is 5.36. The van der Waals surface area contributed by atoms with E-state index in [1.54, 1.807) is 6.20 Å². The molecule has 0 N–H and O–H groups in total.